The van der Waals surface area contributed by atoms with Gasteiger partial charge in [0.2, 0.25) is 0 Å². The van der Waals surface area contributed by atoms with Gasteiger partial charge in [0.05, 0.1) is 24.3 Å². The zero-order valence-electron chi connectivity index (χ0n) is 15.5. The zero-order valence-corrected chi connectivity index (χ0v) is 15.5. The van der Waals surface area contributed by atoms with Gasteiger partial charge in [-0.15, -0.1) is 0 Å². The Morgan fingerprint density at radius 3 is 2.60 bits per heavy atom. The maximum Gasteiger partial charge on any atom is 0.253 e. The van der Waals surface area contributed by atoms with Crippen molar-refractivity contribution in [1.29, 1.82) is 0 Å². The first-order valence-electron chi connectivity index (χ1n) is 8.64. The second-order valence-corrected chi connectivity index (χ2v) is 6.40. The Bertz CT molecular complexity index is 694. The molecule has 2 unspecified atom stereocenters. The van der Waals surface area contributed by atoms with Gasteiger partial charge in [0.15, 0.2) is 0 Å². The molecule has 0 radical (unpaired) electrons. The van der Waals surface area contributed by atoms with Crippen LogP contribution < -0.4 is 5.32 Å². The molecule has 0 fully saturated rings. The minimum Gasteiger partial charge on any atom is -0.391 e. The molecule has 2 aromatic rings. The van der Waals surface area contributed by atoms with Crippen molar-refractivity contribution in [2.45, 2.75) is 39.3 Å². The van der Waals surface area contributed by atoms with Crippen LogP contribution in [-0.4, -0.2) is 41.9 Å². The number of aliphatic hydroxyl groups is 1. The van der Waals surface area contributed by atoms with Crippen molar-refractivity contribution in [2.75, 3.05) is 20.3 Å². The molecule has 25 heavy (non-hydrogen) atoms. The third kappa shape index (κ3) is 4.71. The smallest absolute Gasteiger partial charge is 0.253 e. The Balaban J connectivity index is 2.09. The third-order valence-electron chi connectivity index (χ3n) is 4.52. The first-order chi connectivity index (χ1) is 12.0. The lowest BCUT2D eigenvalue weighted by Crippen LogP contribution is -2.28. The fraction of sp³-hybridized carbons (Fsp3) is 0.450. The minimum absolute atomic E-state index is 0.107. The van der Waals surface area contributed by atoms with Crippen LogP contribution in [0.2, 0.25) is 0 Å². The molecule has 1 aromatic heterocycles. The van der Waals surface area contributed by atoms with Crippen molar-refractivity contribution in [3.63, 3.8) is 0 Å². The van der Waals surface area contributed by atoms with Gasteiger partial charge in [0.1, 0.15) is 0 Å². The van der Waals surface area contributed by atoms with E-state index in [0.29, 0.717) is 18.5 Å². The largest absolute Gasteiger partial charge is 0.391 e. The number of nitrogens with one attached hydrogen (secondary N) is 1. The lowest BCUT2D eigenvalue weighted by atomic mass is 10.1. The van der Waals surface area contributed by atoms with Crippen molar-refractivity contribution in [2.24, 2.45) is 0 Å². The summed E-state index contributed by atoms with van der Waals surface area (Å²) in [6.07, 6.45) is -0.0884. The predicted octanol–water partition coefficient (Wildman–Crippen LogP) is 2.84. The monoisotopic (exact) mass is 344 g/mol. The molecular weight excluding hydrogens is 316 g/mol. The van der Waals surface area contributed by atoms with E-state index in [0.717, 1.165) is 11.4 Å². The van der Waals surface area contributed by atoms with Crippen LogP contribution in [0.4, 0.5) is 0 Å². The topological polar surface area (TPSA) is 63.5 Å². The Labute approximate surface area is 149 Å². The van der Waals surface area contributed by atoms with Crippen LogP contribution in [0.25, 0.3) is 0 Å². The number of aliphatic hydroxyl groups excluding tert-OH is 1. The summed E-state index contributed by atoms with van der Waals surface area (Å²) in [4.78, 5) is 12.5. The number of benzene rings is 1. The van der Waals surface area contributed by atoms with Crippen molar-refractivity contribution in [3.8, 4) is 0 Å². The van der Waals surface area contributed by atoms with E-state index in [1.54, 1.807) is 7.11 Å². The van der Waals surface area contributed by atoms with Crippen molar-refractivity contribution in [1.82, 2.24) is 9.88 Å². The van der Waals surface area contributed by atoms with Crippen molar-refractivity contribution >= 4 is 5.91 Å². The number of hydrogen-bond donors (Lipinski definition) is 2. The van der Waals surface area contributed by atoms with E-state index in [2.05, 4.69) is 28.9 Å². The van der Waals surface area contributed by atoms with Gasteiger partial charge in [-0.05, 0) is 38.8 Å². The van der Waals surface area contributed by atoms with Gasteiger partial charge < -0.3 is 19.7 Å². The van der Waals surface area contributed by atoms with E-state index in [1.165, 1.54) is 5.56 Å². The van der Waals surface area contributed by atoms with Crippen molar-refractivity contribution in [3.05, 3.63) is 58.9 Å². The molecule has 2 atom stereocenters. The number of aromatic nitrogens is 1. The average Bonchev–Trinajstić information content (AvgIpc) is 2.90. The highest BCUT2D eigenvalue weighted by Crippen LogP contribution is 2.25. The van der Waals surface area contributed by atoms with Crippen LogP contribution in [0.1, 0.15) is 46.7 Å². The van der Waals surface area contributed by atoms with E-state index in [4.69, 9.17) is 4.74 Å². The molecule has 2 N–H and O–H groups in total. The van der Waals surface area contributed by atoms with Crippen LogP contribution in [-0.2, 0) is 4.74 Å². The van der Waals surface area contributed by atoms with Gasteiger partial charge in [-0.25, -0.2) is 0 Å². The van der Waals surface area contributed by atoms with Crippen LogP contribution in [0, 0.1) is 13.8 Å². The summed E-state index contributed by atoms with van der Waals surface area (Å²) in [5.74, 6) is -0.107. The quantitative estimate of drug-likeness (QED) is 0.774. The number of methoxy groups -OCH3 is 1. The molecule has 136 valence electrons. The molecule has 5 nitrogen and oxygen atoms in total. The van der Waals surface area contributed by atoms with Gasteiger partial charge in [-0.3, -0.25) is 4.79 Å². The van der Waals surface area contributed by atoms with Crippen LogP contribution in [0.5, 0.6) is 0 Å². The van der Waals surface area contributed by atoms with Gasteiger partial charge >= 0.3 is 0 Å². The second-order valence-electron chi connectivity index (χ2n) is 6.40. The minimum atomic E-state index is -0.559. The Hall–Kier alpha value is -2.11. The molecule has 0 aliphatic carbocycles. The SMILES string of the molecule is COCC(O)CCNC(=O)c1cc(C)n(C(C)c2ccccc2)c1C. The second kappa shape index (κ2) is 8.83. The average molecular weight is 344 g/mol. The lowest BCUT2D eigenvalue weighted by Gasteiger charge is -2.19. The number of aryl methyl sites for hydroxylation is 1. The molecule has 2 rings (SSSR count). The standard InChI is InChI=1S/C20H28N2O3/c1-14-12-19(20(24)21-11-10-18(23)13-25-4)16(3)22(14)15(2)17-8-6-5-7-9-17/h5-9,12,15,18,23H,10-11,13H2,1-4H3,(H,21,24). The summed E-state index contributed by atoms with van der Waals surface area (Å²) in [5.41, 5.74) is 3.89. The summed E-state index contributed by atoms with van der Waals surface area (Å²) in [6, 6.07) is 12.3. The molecule has 5 heteroatoms. The number of ether oxygens (including phenoxy) is 1. The summed E-state index contributed by atoms with van der Waals surface area (Å²) >= 11 is 0. The molecule has 0 aliphatic rings. The van der Waals surface area contributed by atoms with Gasteiger partial charge in [-0.2, -0.15) is 0 Å². The number of carbonyl (C=O) groups excluding carboxylic acids is 1. The molecule has 1 heterocycles. The molecule has 0 aliphatic heterocycles. The van der Waals surface area contributed by atoms with E-state index in [1.807, 2.05) is 38.1 Å². The molecule has 1 amide bonds. The Kier molecular flexibility index (Phi) is 6.79. The van der Waals surface area contributed by atoms with E-state index < -0.39 is 6.10 Å². The van der Waals surface area contributed by atoms with Gasteiger partial charge in [0, 0.05) is 25.0 Å². The maximum absolute atomic E-state index is 12.5. The molecule has 0 spiro atoms. The fourth-order valence-corrected chi connectivity index (χ4v) is 3.21. The molecule has 0 saturated heterocycles. The van der Waals surface area contributed by atoms with Gasteiger partial charge in [-0.1, -0.05) is 30.3 Å². The van der Waals surface area contributed by atoms with E-state index >= 15 is 0 Å². The first-order valence-corrected chi connectivity index (χ1v) is 8.64. The summed E-state index contributed by atoms with van der Waals surface area (Å²) in [6.45, 7) is 6.82. The summed E-state index contributed by atoms with van der Waals surface area (Å²) < 4.78 is 7.07. The summed E-state index contributed by atoms with van der Waals surface area (Å²) in [7, 11) is 1.55. The number of amides is 1. The van der Waals surface area contributed by atoms with Crippen LogP contribution >= 0.6 is 0 Å². The summed E-state index contributed by atoms with van der Waals surface area (Å²) in [5, 5.41) is 12.5. The molecular formula is C20H28N2O3. The highest BCUT2D eigenvalue weighted by atomic mass is 16.5. The normalized spacial score (nSPS) is 13.5. The van der Waals surface area contributed by atoms with Crippen molar-refractivity contribution < 1.29 is 14.6 Å². The number of hydrogen-bond acceptors (Lipinski definition) is 3. The van der Waals surface area contributed by atoms with E-state index in [9.17, 15) is 9.90 Å². The number of nitrogens with zero attached hydrogens (tertiary/aromatic N) is 1. The van der Waals surface area contributed by atoms with Crippen LogP contribution in [0.3, 0.4) is 0 Å². The first kappa shape index (κ1) is 19.2. The Morgan fingerprint density at radius 1 is 1.28 bits per heavy atom. The molecule has 1 aromatic carbocycles. The highest BCUT2D eigenvalue weighted by molar-refractivity contribution is 5.95. The molecule has 0 saturated carbocycles. The highest BCUT2D eigenvalue weighted by Gasteiger charge is 2.19. The van der Waals surface area contributed by atoms with E-state index in [-0.39, 0.29) is 18.6 Å². The maximum atomic E-state index is 12.5. The predicted molar refractivity (Wildman–Crippen MR) is 99.0 cm³/mol. The molecule has 0 bridgehead atoms. The number of carbonyl (C=O) groups is 1. The van der Waals surface area contributed by atoms with Crippen LogP contribution in [0.15, 0.2) is 36.4 Å². The Morgan fingerprint density at radius 2 is 1.96 bits per heavy atom. The third-order valence-corrected chi connectivity index (χ3v) is 4.52. The number of rotatable bonds is 8. The zero-order chi connectivity index (χ0) is 18.4. The fourth-order valence-electron chi connectivity index (χ4n) is 3.21. The lowest BCUT2D eigenvalue weighted by molar-refractivity contribution is 0.0587. The van der Waals surface area contributed by atoms with Gasteiger partial charge in [0.25, 0.3) is 5.91 Å².